The molecule has 3 aromatic rings. The van der Waals surface area contributed by atoms with Crippen molar-refractivity contribution in [1.82, 2.24) is 19.9 Å². The summed E-state index contributed by atoms with van der Waals surface area (Å²) in [6.45, 7) is 6.20. The van der Waals surface area contributed by atoms with Crippen molar-refractivity contribution in [1.29, 1.82) is 0 Å². The van der Waals surface area contributed by atoms with Crippen molar-refractivity contribution in [2.24, 2.45) is 0 Å². The van der Waals surface area contributed by atoms with Crippen molar-refractivity contribution in [2.45, 2.75) is 45.3 Å². The molecule has 6 nitrogen and oxygen atoms in total. The third-order valence-electron chi connectivity index (χ3n) is 6.14. The Bertz CT molecular complexity index is 1060. The van der Waals surface area contributed by atoms with Crippen LogP contribution in [-0.2, 0) is 11.3 Å². The maximum absolute atomic E-state index is 12.5. The number of amides is 1. The standard InChI is InChI=1S/C24H27Cl2N5O/c1-17(20-6-4-3-5-7-20)29-12-10-21(11-13-29)31(18(2)32)24-16-30(28-27-24)15-19-8-9-22(25)23(26)14-19/h3-9,14,16-17,21H,10-13,15H2,1-2H3. The zero-order valence-electron chi connectivity index (χ0n) is 18.3. The molecule has 0 bridgehead atoms. The average Bonchev–Trinajstić information content (AvgIpc) is 3.24. The Morgan fingerprint density at radius 3 is 2.50 bits per heavy atom. The fourth-order valence-corrected chi connectivity index (χ4v) is 4.70. The van der Waals surface area contributed by atoms with Gasteiger partial charge in [0.05, 0.1) is 22.8 Å². The van der Waals surface area contributed by atoms with E-state index in [1.54, 1.807) is 22.6 Å². The van der Waals surface area contributed by atoms with E-state index in [0.717, 1.165) is 31.5 Å². The Morgan fingerprint density at radius 1 is 1.12 bits per heavy atom. The predicted molar refractivity (Wildman–Crippen MR) is 128 cm³/mol. The largest absolute Gasteiger partial charge is 0.296 e. The van der Waals surface area contributed by atoms with E-state index in [9.17, 15) is 4.79 Å². The minimum atomic E-state index is -0.0128. The smallest absolute Gasteiger partial charge is 0.225 e. The molecule has 0 radical (unpaired) electrons. The summed E-state index contributed by atoms with van der Waals surface area (Å²) in [5.74, 6) is 0.577. The number of anilines is 1. The van der Waals surface area contributed by atoms with E-state index in [1.165, 1.54) is 5.56 Å². The maximum Gasteiger partial charge on any atom is 0.225 e. The monoisotopic (exact) mass is 471 g/mol. The predicted octanol–water partition coefficient (Wildman–Crippen LogP) is 5.21. The molecule has 0 spiro atoms. The summed E-state index contributed by atoms with van der Waals surface area (Å²) < 4.78 is 1.72. The van der Waals surface area contributed by atoms with Crippen LogP contribution in [0.5, 0.6) is 0 Å². The Balaban J connectivity index is 1.42. The molecule has 32 heavy (non-hydrogen) atoms. The van der Waals surface area contributed by atoms with Crippen molar-refractivity contribution in [2.75, 3.05) is 18.0 Å². The number of carbonyl (C=O) groups is 1. The summed E-state index contributed by atoms with van der Waals surface area (Å²) in [5.41, 5.74) is 2.29. The molecule has 1 aromatic heterocycles. The van der Waals surface area contributed by atoms with Crippen LogP contribution in [0.1, 0.15) is 43.9 Å². The first-order valence-corrected chi connectivity index (χ1v) is 11.6. The van der Waals surface area contributed by atoms with Gasteiger partial charge in [0.15, 0.2) is 5.82 Å². The number of halogens is 2. The van der Waals surface area contributed by atoms with Crippen molar-refractivity contribution >= 4 is 34.9 Å². The van der Waals surface area contributed by atoms with E-state index in [4.69, 9.17) is 23.2 Å². The Hall–Kier alpha value is -2.41. The molecule has 2 aromatic carbocycles. The Kier molecular flexibility index (Phi) is 7.13. The van der Waals surface area contributed by atoms with Gasteiger partial charge in [-0.05, 0) is 43.0 Å². The van der Waals surface area contributed by atoms with E-state index in [2.05, 4.69) is 46.4 Å². The highest BCUT2D eigenvalue weighted by atomic mass is 35.5. The molecule has 1 aliphatic heterocycles. The van der Waals surface area contributed by atoms with Crippen LogP contribution >= 0.6 is 23.2 Å². The molecule has 8 heteroatoms. The van der Waals surface area contributed by atoms with E-state index in [-0.39, 0.29) is 11.9 Å². The van der Waals surface area contributed by atoms with Crippen molar-refractivity contribution < 1.29 is 4.79 Å². The average molecular weight is 472 g/mol. The molecule has 1 fully saturated rings. The van der Waals surface area contributed by atoms with Gasteiger partial charge in [0.2, 0.25) is 5.91 Å². The number of hydrogen-bond donors (Lipinski definition) is 0. The van der Waals surface area contributed by atoms with Gasteiger partial charge in [-0.2, -0.15) is 0 Å². The summed E-state index contributed by atoms with van der Waals surface area (Å²) in [4.78, 5) is 16.8. The third-order valence-corrected chi connectivity index (χ3v) is 6.87. The lowest BCUT2D eigenvalue weighted by molar-refractivity contribution is -0.117. The highest BCUT2D eigenvalue weighted by Crippen LogP contribution is 2.28. The highest BCUT2D eigenvalue weighted by Gasteiger charge is 2.30. The Labute approximate surface area is 198 Å². The number of benzene rings is 2. The first kappa shape index (κ1) is 22.8. The minimum absolute atomic E-state index is 0.0128. The number of rotatable bonds is 6. The maximum atomic E-state index is 12.5. The van der Waals surface area contributed by atoms with Crippen LogP contribution in [0.25, 0.3) is 0 Å². The highest BCUT2D eigenvalue weighted by molar-refractivity contribution is 6.42. The van der Waals surface area contributed by atoms with Crippen LogP contribution < -0.4 is 4.90 Å². The normalized spacial score (nSPS) is 16.1. The second-order valence-corrected chi connectivity index (χ2v) is 9.08. The second kappa shape index (κ2) is 10.0. The Morgan fingerprint density at radius 2 is 1.84 bits per heavy atom. The van der Waals surface area contributed by atoms with Crippen LogP contribution in [-0.4, -0.2) is 44.9 Å². The van der Waals surface area contributed by atoms with Gasteiger partial charge in [-0.3, -0.25) is 14.6 Å². The van der Waals surface area contributed by atoms with Gasteiger partial charge < -0.3 is 0 Å². The van der Waals surface area contributed by atoms with Crippen molar-refractivity contribution in [3.05, 3.63) is 75.9 Å². The molecule has 0 saturated carbocycles. The molecule has 168 valence electrons. The first-order chi connectivity index (χ1) is 15.4. The molecule has 4 rings (SSSR count). The molecule has 1 aliphatic rings. The van der Waals surface area contributed by atoms with Gasteiger partial charge in [-0.25, -0.2) is 4.68 Å². The zero-order chi connectivity index (χ0) is 22.7. The summed E-state index contributed by atoms with van der Waals surface area (Å²) >= 11 is 12.1. The molecule has 0 aliphatic carbocycles. The fourth-order valence-electron chi connectivity index (χ4n) is 4.38. The lowest BCUT2D eigenvalue weighted by atomic mass is 9.99. The quantitative estimate of drug-likeness (QED) is 0.494. The van der Waals surface area contributed by atoms with E-state index in [0.29, 0.717) is 28.4 Å². The van der Waals surface area contributed by atoms with E-state index < -0.39 is 0 Å². The molecular formula is C24H27Cl2N5O. The van der Waals surface area contributed by atoms with Crippen molar-refractivity contribution in [3.8, 4) is 0 Å². The van der Waals surface area contributed by atoms with Gasteiger partial charge in [0, 0.05) is 32.1 Å². The number of piperidine rings is 1. The lowest BCUT2D eigenvalue weighted by Gasteiger charge is -2.39. The number of hydrogen-bond acceptors (Lipinski definition) is 4. The third kappa shape index (κ3) is 5.14. The summed E-state index contributed by atoms with van der Waals surface area (Å²) in [7, 11) is 0. The number of nitrogens with zero attached hydrogens (tertiary/aromatic N) is 5. The zero-order valence-corrected chi connectivity index (χ0v) is 19.8. The van der Waals surface area contributed by atoms with Crippen molar-refractivity contribution in [3.63, 3.8) is 0 Å². The SMILES string of the molecule is CC(=O)N(c1cn(Cc2ccc(Cl)c(Cl)c2)nn1)C1CCN(C(C)c2ccccc2)CC1. The fraction of sp³-hybridized carbons (Fsp3) is 0.375. The van der Waals surface area contributed by atoms with Crippen LogP contribution in [0.15, 0.2) is 54.7 Å². The van der Waals surface area contributed by atoms with Crippen LogP contribution in [0.4, 0.5) is 5.82 Å². The summed E-state index contributed by atoms with van der Waals surface area (Å²) in [6.07, 6.45) is 3.62. The minimum Gasteiger partial charge on any atom is -0.296 e. The first-order valence-electron chi connectivity index (χ1n) is 10.8. The lowest BCUT2D eigenvalue weighted by Crippen LogP contribution is -2.47. The van der Waals surface area contributed by atoms with Gasteiger partial charge in [0.25, 0.3) is 0 Å². The van der Waals surface area contributed by atoms with Crippen LogP contribution in [0.3, 0.4) is 0 Å². The van der Waals surface area contributed by atoms with E-state index in [1.807, 2.05) is 24.4 Å². The van der Waals surface area contributed by atoms with Crippen LogP contribution in [0.2, 0.25) is 10.0 Å². The molecule has 1 unspecified atom stereocenters. The van der Waals surface area contributed by atoms with Gasteiger partial charge in [-0.1, -0.05) is 64.8 Å². The van der Waals surface area contributed by atoms with E-state index >= 15 is 0 Å². The molecule has 1 saturated heterocycles. The number of aromatic nitrogens is 3. The van der Waals surface area contributed by atoms with Crippen LogP contribution in [0, 0.1) is 0 Å². The molecular weight excluding hydrogens is 445 g/mol. The van der Waals surface area contributed by atoms with Gasteiger partial charge in [0.1, 0.15) is 0 Å². The topological polar surface area (TPSA) is 54.3 Å². The second-order valence-electron chi connectivity index (χ2n) is 8.27. The number of carbonyl (C=O) groups excluding carboxylic acids is 1. The van der Waals surface area contributed by atoms with Gasteiger partial charge in [-0.15, -0.1) is 5.10 Å². The summed E-state index contributed by atoms with van der Waals surface area (Å²) in [6, 6.07) is 16.5. The number of likely N-dealkylation sites (tertiary alicyclic amines) is 1. The van der Waals surface area contributed by atoms with Gasteiger partial charge >= 0.3 is 0 Å². The summed E-state index contributed by atoms with van der Waals surface area (Å²) in [5, 5.41) is 9.55. The molecule has 2 heterocycles. The molecule has 1 amide bonds. The molecule has 0 N–H and O–H groups in total. The molecule has 1 atom stereocenters.